The molecule has 3 aromatic heterocycles. The maximum atomic E-state index is 4.84. The van der Waals surface area contributed by atoms with Gasteiger partial charge in [0.25, 0.3) is 0 Å². The van der Waals surface area contributed by atoms with Crippen molar-refractivity contribution in [2.45, 2.75) is 0 Å². The Morgan fingerprint density at radius 2 is 1.33 bits per heavy atom. The lowest BCUT2D eigenvalue weighted by molar-refractivity contribution is 1.30. The van der Waals surface area contributed by atoms with Gasteiger partial charge in [0.1, 0.15) is 5.69 Å². The highest BCUT2D eigenvalue weighted by Crippen LogP contribution is 2.27. The van der Waals surface area contributed by atoms with Crippen molar-refractivity contribution in [3.05, 3.63) is 65.2 Å². The first-order chi connectivity index (χ1) is 13.3. The zero-order valence-corrected chi connectivity index (χ0v) is 14.9. The predicted octanol–water partition coefficient (Wildman–Crippen LogP) is 5.39. The number of aromatic nitrogens is 4. The number of nitrogens with zero attached hydrogens (tertiary/aromatic N) is 3. The smallest absolute Gasteiger partial charge is 0.123 e. The topological polar surface area (TPSA) is 69.7 Å². The first-order valence-electron chi connectivity index (χ1n) is 8.42. The van der Waals surface area contributed by atoms with E-state index in [0.29, 0.717) is 5.69 Å². The van der Waals surface area contributed by atoms with Crippen LogP contribution >= 0.6 is 12.2 Å². The molecule has 0 unspecified atom stereocenters. The molecule has 0 saturated heterocycles. The minimum Gasteiger partial charge on any atom is -0.355 e. The number of aliphatic imine (C=N–C) groups is 1. The van der Waals surface area contributed by atoms with Crippen molar-refractivity contribution in [1.29, 1.82) is 0 Å². The molecule has 2 aliphatic rings. The van der Waals surface area contributed by atoms with Gasteiger partial charge in [-0.2, -0.15) is 4.99 Å². The molecule has 2 aliphatic heterocycles. The molecule has 0 radical (unpaired) electrons. The Kier molecular flexibility index (Phi) is 3.64. The zero-order chi connectivity index (χ0) is 18.2. The van der Waals surface area contributed by atoms with Crippen LogP contribution in [0.25, 0.3) is 46.4 Å². The van der Waals surface area contributed by atoms with Crippen molar-refractivity contribution in [3.8, 4) is 0 Å². The Labute approximate surface area is 159 Å². The fraction of sp³-hybridized carbons (Fsp3) is 0. The van der Waals surface area contributed by atoms with E-state index in [1.807, 2.05) is 66.8 Å². The second-order valence-corrected chi connectivity index (χ2v) is 6.41. The van der Waals surface area contributed by atoms with Crippen LogP contribution in [0.15, 0.2) is 47.5 Å². The van der Waals surface area contributed by atoms with Crippen LogP contribution in [-0.2, 0) is 0 Å². The summed E-state index contributed by atoms with van der Waals surface area (Å²) in [7, 11) is 0. The third-order valence-electron chi connectivity index (χ3n) is 4.35. The zero-order valence-electron chi connectivity index (χ0n) is 14.1. The summed E-state index contributed by atoms with van der Waals surface area (Å²) in [4.78, 5) is 20.3. The summed E-state index contributed by atoms with van der Waals surface area (Å²) in [5.74, 6) is 0. The Hall–Kier alpha value is -3.60. The summed E-state index contributed by atoms with van der Waals surface area (Å²) < 4.78 is 0. The van der Waals surface area contributed by atoms with Gasteiger partial charge in [0.05, 0.1) is 33.5 Å². The number of hydrogen-bond donors (Lipinski definition) is 2. The summed E-state index contributed by atoms with van der Waals surface area (Å²) >= 11 is 4.84. The molecule has 0 atom stereocenters. The van der Waals surface area contributed by atoms with Crippen LogP contribution in [0, 0.1) is 0 Å². The van der Waals surface area contributed by atoms with Gasteiger partial charge in [0, 0.05) is 16.6 Å². The molecule has 5 heterocycles. The number of aromatic amines is 2. The average molecular weight is 367 g/mol. The fourth-order valence-corrected chi connectivity index (χ4v) is 3.25. The van der Waals surface area contributed by atoms with Crippen LogP contribution < -0.4 is 0 Å². The lowest BCUT2D eigenvalue weighted by Crippen LogP contribution is -1.77. The quantitative estimate of drug-likeness (QED) is 0.308. The Morgan fingerprint density at radius 3 is 2.04 bits per heavy atom. The number of fused-ring (bicyclic) bond motifs is 8. The SMILES string of the molecule is S=C=Nc1c2nc(cc3ccc(cc4nc(cc5ccc1[nH]5)C=C4)[nH]3)C=C2. The lowest BCUT2D eigenvalue weighted by atomic mass is 10.3. The molecule has 0 fully saturated rings. The Bertz CT molecular complexity index is 1330. The van der Waals surface area contributed by atoms with E-state index < -0.39 is 0 Å². The van der Waals surface area contributed by atoms with Gasteiger partial charge in [-0.1, -0.05) is 0 Å². The summed E-state index contributed by atoms with van der Waals surface area (Å²) in [6, 6.07) is 14.0. The summed E-state index contributed by atoms with van der Waals surface area (Å²) in [6.07, 6.45) is 7.87. The molecular weight excluding hydrogens is 354 g/mol. The highest BCUT2D eigenvalue weighted by Gasteiger charge is 2.07. The largest absolute Gasteiger partial charge is 0.355 e. The fourth-order valence-electron chi connectivity index (χ4n) is 3.16. The molecule has 27 heavy (non-hydrogen) atoms. The Morgan fingerprint density at radius 1 is 0.741 bits per heavy atom. The third kappa shape index (κ3) is 3.04. The number of isothiocyanates is 1. The normalized spacial score (nSPS) is 12.1. The van der Waals surface area contributed by atoms with Crippen molar-refractivity contribution in [2.24, 2.45) is 4.99 Å². The minimum atomic E-state index is 0.660. The molecule has 6 heteroatoms. The molecule has 2 N–H and O–H groups in total. The molecule has 128 valence electrons. The van der Waals surface area contributed by atoms with Gasteiger partial charge in [-0.15, -0.1) is 0 Å². The second kappa shape index (κ2) is 6.29. The number of thiocarbonyl (C=S) groups is 1. The van der Waals surface area contributed by atoms with Gasteiger partial charge in [-0.25, -0.2) is 9.97 Å². The van der Waals surface area contributed by atoms with E-state index in [-0.39, 0.29) is 0 Å². The first kappa shape index (κ1) is 15.6. The van der Waals surface area contributed by atoms with Crippen molar-refractivity contribution in [1.82, 2.24) is 19.9 Å². The maximum absolute atomic E-state index is 4.84. The summed E-state index contributed by atoms with van der Waals surface area (Å²) in [5.41, 5.74) is 7.75. The first-order valence-corrected chi connectivity index (χ1v) is 8.83. The van der Waals surface area contributed by atoms with Crippen LogP contribution in [0.2, 0.25) is 0 Å². The van der Waals surface area contributed by atoms with Gasteiger partial charge in [0.15, 0.2) is 0 Å². The van der Waals surface area contributed by atoms with Crippen molar-refractivity contribution in [2.75, 3.05) is 0 Å². The standard InChI is InChI=1S/C21H13N5S/c27-12-22-21-19-7-5-17(25-19)10-15-3-1-13(23-15)9-14-2-4-16(24-14)11-18-6-8-20(21)26-18/h1-11,23,26H. The highest BCUT2D eigenvalue weighted by molar-refractivity contribution is 7.78. The van der Waals surface area contributed by atoms with E-state index in [4.69, 9.17) is 12.2 Å². The van der Waals surface area contributed by atoms with Crippen LogP contribution in [0.5, 0.6) is 0 Å². The van der Waals surface area contributed by atoms with Gasteiger partial charge in [-0.3, -0.25) is 0 Å². The van der Waals surface area contributed by atoms with E-state index >= 15 is 0 Å². The summed E-state index contributed by atoms with van der Waals surface area (Å²) in [5, 5.41) is 2.46. The predicted molar refractivity (Wildman–Crippen MR) is 114 cm³/mol. The monoisotopic (exact) mass is 367 g/mol. The molecule has 0 aliphatic carbocycles. The van der Waals surface area contributed by atoms with Gasteiger partial charge < -0.3 is 9.97 Å². The van der Waals surface area contributed by atoms with E-state index in [2.05, 4.69) is 30.1 Å². The van der Waals surface area contributed by atoms with E-state index in [9.17, 15) is 0 Å². The molecule has 5 rings (SSSR count). The highest BCUT2D eigenvalue weighted by atomic mass is 32.1. The van der Waals surface area contributed by atoms with E-state index in [1.165, 1.54) is 0 Å². The Balaban J connectivity index is 1.90. The van der Waals surface area contributed by atoms with Crippen molar-refractivity contribution < 1.29 is 0 Å². The molecule has 8 bridgehead atoms. The summed E-state index contributed by atoms with van der Waals surface area (Å²) in [6.45, 7) is 0. The van der Waals surface area contributed by atoms with E-state index in [0.717, 1.165) is 44.8 Å². The van der Waals surface area contributed by atoms with Gasteiger partial charge in [0.2, 0.25) is 0 Å². The molecular formula is C21H13N5S. The van der Waals surface area contributed by atoms with E-state index in [1.54, 1.807) is 0 Å². The number of hydrogen-bond acceptors (Lipinski definition) is 4. The van der Waals surface area contributed by atoms with Crippen molar-refractivity contribution in [3.63, 3.8) is 0 Å². The van der Waals surface area contributed by atoms with Crippen molar-refractivity contribution >= 4 is 69.4 Å². The number of H-pyrrole nitrogens is 2. The van der Waals surface area contributed by atoms with Crippen LogP contribution in [0.4, 0.5) is 5.69 Å². The number of rotatable bonds is 1. The molecule has 0 amide bonds. The second-order valence-electron chi connectivity index (χ2n) is 6.23. The third-order valence-corrected chi connectivity index (χ3v) is 4.44. The molecule has 0 aromatic carbocycles. The molecule has 0 saturated carbocycles. The van der Waals surface area contributed by atoms with Crippen LogP contribution in [-0.4, -0.2) is 25.1 Å². The van der Waals surface area contributed by atoms with Gasteiger partial charge in [-0.05, 0) is 79.0 Å². The lowest BCUT2D eigenvalue weighted by Gasteiger charge is -1.92. The minimum absolute atomic E-state index is 0.660. The number of nitrogens with one attached hydrogen (secondary N) is 2. The molecule has 0 spiro atoms. The average Bonchev–Trinajstić information content (AvgIpc) is 3.43. The maximum Gasteiger partial charge on any atom is 0.123 e. The molecule has 3 aromatic rings. The van der Waals surface area contributed by atoms with Crippen LogP contribution in [0.3, 0.4) is 0 Å². The molecule has 5 nitrogen and oxygen atoms in total. The van der Waals surface area contributed by atoms with Gasteiger partial charge >= 0.3 is 0 Å². The van der Waals surface area contributed by atoms with Crippen LogP contribution in [0.1, 0.15) is 22.8 Å².